The lowest BCUT2D eigenvalue weighted by atomic mass is 10.0. The molecule has 1 aromatic carbocycles. The summed E-state index contributed by atoms with van der Waals surface area (Å²) >= 11 is 12.1. The van der Waals surface area contributed by atoms with E-state index in [4.69, 9.17) is 37.4 Å². The Balaban J connectivity index is 1.80. The number of amides is 1. The maximum absolute atomic E-state index is 13.3. The van der Waals surface area contributed by atoms with Crippen LogP contribution in [0.15, 0.2) is 36.5 Å². The van der Waals surface area contributed by atoms with Gasteiger partial charge in [0.1, 0.15) is 29.2 Å². The maximum Gasteiger partial charge on any atom is 0.408 e. The molecule has 9 heteroatoms. The molecule has 1 N–H and O–H groups in total. The summed E-state index contributed by atoms with van der Waals surface area (Å²) in [6.07, 6.45) is 2.44. The van der Waals surface area contributed by atoms with Crippen LogP contribution in [0.4, 0.5) is 4.79 Å². The standard InChI is InChI=1S/C23H26Cl2N2O5/c1-23(2,3)32-22(29)27-20(14-4-6-17(24)18(25)12-14)21(28)19-7-5-16(13-26-19)31-15-8-10-30-11-9-15/h4-7,12-13,15,20H,8-11H2,1-3H3,(H,27,29). The number of hydrogen-bond acceptors (Lipinski definition) is 6. The van der Waals surface area contributed by atoms with E-state index in [0.717, 1.165) is 12.8 Å². The second-order valence-corrected chi connectivity index (χ2v) is 9.24. The van der Waals surface area contributed by atoms with Gasteiger partial charge in [-0.2, -0.15) is 0 Å². The molecular weight excluding hydrogens is 455 g/mol. The van der Waals surface area contributed by atoms with Gasteiger partial charge in [0.2, 0.25) is 5.78 Å². The first-order valence-corrected chi connectivity index (χ1v) is 11.1. The average molecular weight is 481 g/mol. The van der Waals surface area contributed by atoms with Crippen molar-refractivity contribution in [3.63, 3.8) is 0 Å². The fourth-order valence-corrected chi connectivity index (χ4v) is 3.45. The van der Waals surface area contributed by atoms with Gasteiger partial charge in [-0.05, 0) is 50.6 Å². The van der Waals surface area contributed by atoms with Crippen molar-refractivity contribution in [1.82, 2.24) is 10.3 Å². The quantitative estimate of drug-likeness (QED) is 0.557. The van der Waals surface area contributed by atoms with Crippen molar-refractivity contribution in [2.75, 3.05) is 13.2 Å². The summed E-state index contributed by atoms with van der Waals surface area (Å²) in [4.78, 5) is 29.9. The molecule has 1 unspecified atom stereocenters. The van der Waals surface area contributed by atoms with Gasteiger partial charge in [0.25, 0.3) is 0 Å². The van der Waals surface area contributed by atoms with Gasteiger partial charge in [-0.15, -0.1) is 0 Å². The Morgan fingerprint density at radius 2 is 1.84 bits per heavy atom. The summed E-state index contributed by atoms with van der Waals surface area (Å²) in [5, 5.41) is 3.22. The zero-order valence-corrected chi connectivity index (χ0v) is 19.7. The summed E-state index contributed by atoms with van der Waals surface area (Å²) in [5.74, 6) is 0.145. The molecular formula is C23H26Cl2N2O5. The van der Waals surface area contributed by atoms with Crippen molar-refractivity contribution in [1.29, 1.82) is 0 Å². The van der Waals surface area contributed by atoms with Gasteiger partial charge in [0, 0.05) is 12.8 Å². The molecule has 172 valence electrons. The van der Waals surface area contributed by atoms with Crippen LogP contribution in [0, 0.1) is 0 Å². The number of carbonyl (C=O) groups excluding carboxylic acids is 2. The smallest absolute Gasteiger partial charge is 0.408 e. The summed E-state index contributed by atoms with van der Waals surface area (Å²) in [6.45, 7) is 6.54. The van der Waals surface area contributed by atoms with Crippen LogP contribution in [-0.4, -0.2) is 41.8 Å². The molecule has 1 aromatic heterocycles. The maximum atomic E-state index is 13.3. The lowest BCUT2D eigenvalue weighted by Gasteiger charge is -2.24. The Morgan fingerprint density at radius 3 is 2.44 bits per heavy atom. The first-order valence-electron chi connectivity index (χ1n) is 10.3. The fourth-order valence-electron chi connectivity index (χ4n) is 3.15. The highest BCUT2D eigenvalue weighted by molar-refractivity contribution is 6.42. The van der Waals surface area contributed by atoms with Crippen molar-refractivity contribution in [2.24, 2.45) is 0 Å². The van der Waals surface area contributed by atoms with E-state index in [0.29, 0.717) is 29.5 Å². The van der Waals surface area contributed by atoms with Gasteiger partial charge in [-0.1, -0.05) is 29.3 Å². The Morgan fingerprint density at radius 1 is 1.12 bits per heavy atom. The van der Waals surface area contributed by atoms with Gasteiger partial charge >= 0.3 is 6.09 Å². The first-order chi connectivity index (χ1) is 15.1. The number of Topliss-reactive ketones (excluding diaryl/α,β-unsaturated/α-hetero) is 1. The predicted octanol–water partition coefficient (Wildman–Crippen LogP) is 5.39. The number of hydrogen-bond donors (Lipinski definition) is 1. The molecule has 1 fully saturated rings. The molecule has 1 atom stereocenters. The summed E-state index contributed by atoms with van der Waals surface area (Å²) in [7, 11) is 0. The van der Waals surface area contributed by atoms with E-state index in [1.807, 2.05) is 0 Å². The van der Waals surface area contributed by atoms with Crippen molar-refractivity contribution < 1.29 is 23.8 Å². The third-order valence-corrected chi connectivity index (χ3v) is 5.40. The highest BCUT2D eigenvalue weighted by Gasteiger charge is 2.28. The normalized spacial score (nSPS) is 15.7. The molecule has 1 amide bonds. The van der Waals surface area contributed by atoms with E-state index < -0.39 is 23.5 Å². The molecule has 1 aliphatic rings. The number of halogens is 2. The summed E-state index contributed by atoms with van der Waals surface area (Å²) in [5.41, 5.74) is -0.104. The minimum atomic E-state index is -1.06. The van der Waals surface area contributed by atoms with Gasteiger partial charge in [0.15, 0.2) is 0 Å². The number of rotatable bonds is 6. The molecule has 0 saturated carbocycles. The average Bonchev–Trinajstić information content (AvgIpc) is 2.74. The van der Waals surface area contributed by atoms with Crippen LogP contribution >= 0.6 is 23.2 Å². The third kappa shape index (κ3) is 6.82. The van der Waals surface area contributed by atoms with Crippen LogP contribution in [0.5, 0.6) is 5.75 Å². The largest absolute Gasteiger partial charge is 0.489 e. The van der Waals surface area contributed by atoms with Crippen molar-refractivity contribution in [3.05, 3.63) is 57.8 Å². The number of nitrogens with zero attached hydrogens (tertiary/aromatic N) is 1. The monoisotopic (exact) mass is 480 g/mol. The number of ether oxygens (including phenoxy) is 3. The van der Waals surface area contributed by atoms with E-state index in [1.54, 1.807) is 45.0 Å². The SMILES string of the molecule is CC(C)(C)OC(=O)NC(C(=O)c1ccc(OC2CCOCC2)cn1)c1ccc(Cl)c(Cl)c1. The van der Waals surface area contributed by atoms with Crippen molar-refractivity contribution >= 4 is 35.1 Å². The van der Waals surface area contributed by atoms with Gasteiger partial charge in [0.05, 0.1) is 29.5 Å². The van der Waals surface area contributed by atoms with Crippen LogP contribution in [0.2, 0.25) is 10.0 Å². The summed E-state index contributed by atoms with van der Waals surface area (Å²) < 4.78 is 16.6. The fraction of sp³-hybridized carbons (Fsp3) is 0.435. The number of pyridine rings is 1. The minimum absolute atomic E-state index is 0.0601. The molecule has 0 radical (unpaired) electrons. The summed E-state index contributed by atoms with van der Waals surface area (Å²) in [6, 6.07) is 6.92. The van der Waals surface area contributed by atoms with E-state index in [9.17, 15) is 9.59 Å². The molecule has 2 heterocycles. The highest BCUT2D eigenvalue weighted by Crippen LogP contribution is 2.28. The van der Waals surface area contributed by atoms with Gasteiger partial charge < -0.3 is 19.5 Å². The zero-order valence-electron chi connectivity index (χ0n) is 18.2. The Bertz CT molecular complexity index is 954. The molecule has 3 rings (SSSR count). The van der Waals surface area contributed by atoms with Crippen LogP contribution in [-0.2, 0) is 9.47 Å². The number of benzene rings is 1. The van der Waals surface area contributed by atoms with Crippen LogP contribution in [0.25, 0.3) is 0 Å². The Kier molecular flexibility index (Phi) is 7.98. The predicted molar refractivity (Wildman–Crippen MR) is 122 cm³/mol. The molecule has 1 aliphatic heterocycles. The molecule has 0 bridgehead atoms. The number of carbonyl (C=O) groups is 2. The van der Waals surface area contributed by atoms with E-state index in [2.05, 4.69) is 10.3 Å². The lowest BCUT2D eigenvalue weighted by molar-refractivity contribution is 0.0254. The number of aromatic nitrogens is 1. The van der Waals surface area contributed by atoms with E-state index in [1.165, 1.54) is 12.3 Å². The third-order valence-electron chi connectivity index (χ3n) is 4.66. The second-order valence-electron chi connectivity index (χ2n) is 8.43. The Hall–Kier alpha value is -2.35. The molecule has 0 spiro atoms. The van der Waals surface area contributed by atoms with Crippen molar-refractivity contribution in [2.45, 2.75) is 51.4 Å². The van der Waals surface area contributed by atoms with Gasteiger partial charge in [-0.25, -0.2) is 9.78 Å². The molecule has 32 heavy (non-hydrogen) atoms. The second kappa shape index (κ2) is 10.5. The lowest BCUT2D eigenvalue weighted by Crippen LogP contribution is -2.38. The molecule has 1 saturated heterocycles. The number of ketones is 1. The Labute approximate surface area is 197 Å². The minimum Gasteiger partial charge on any atom is -0.489 e. The van der Waals surface area contributed by atoms with E-state index in [-0.39, 0.29) is 16.8 Å². The molecule has 0 aliphatic carbocycles. The molecule has 2 aromatic rings. The van der Waals surface area contributed by atoms with Crippen LogP contribution < -0.4 is 10.1 Å². The van der Waals surface area contributed by atoms with E-state index >= 15 is 0 Å². The zero-order chi connectivity index (χ0) is 23.3. The van der Waals surface area contributed by atoms with Crippen molar-refractivity contribution in [3.8, 4) is 5.75 Å². The number of nitrogens with one attached hydrogen (secondary N) is 1. The van der Waals surface area contributed by atoms with Gasteiger partial charge in [-0.3, -0.25) is 4.79 Å². The van der Waals surface area contributed by atoms with Crippen LogP contribution in [0.1, 0.15) is 55.7 Å². The first kappa shape index (κ1) is 24.3. The number of alkyl carbamates (subject to hydrolysis) is 1. The topological polar surface area (TPSA) is 86.8 Å². The highest BCUT2D eigenvalue weighted by atomic mass is 35.5. The van der Waals surface area contributed by atoms with Crippen LogP contribution in [0.3, 0.4) is 0 Å². The molecule has 7 nitrogen and oxygen atoms in total.